The van der Waals surface area contributed by atoms with Crippen molar-refractivity contribution in [2.75, 3.05) is 5.32 Å². The second-order valence-electron chi connectivity index (χ2n) is 9.19. The number of carbonyl (C=O) groups is 1. The second kappa shape index (κ2) is 9.44. The molecule has 35 heavy (non-hydrogen) atoms. The molecule has 180 valence electrons. The number of anilines is 1. The molecule has 5 rings (SSSR count). The molecule has 1 aliphatic rings. The molecule has 0 atom stereocenters. The summed E-state index contributed by atoms with van der Waals surface area (Å²) in [5, 5.41) is 16.5. The van der Waals surface area contributed by atoms with Crippen LogP contribution in [-0.2, 0) is 24.2 Å². The molecule has 2 aromatic heterocycles. The summed E-state index contributed by atoms with van der Waals surface area (Å²) in [6.07, 6.45) is 4.62. The van der Waals surface area contributed by atoms with Crippen LogP contribution in [0, 0.1) is 26.6 Å². The summed E-state index contributed by atoms with van der Waals surface area (Å²) in [4.78, 5) is 13.1. The first kappa shape index (κ1) is 23.0. The molecule has 0 radical (unpaired) electrons. The minimum Gasteiger partial charge on any atom is -0.326 e. The summed E-state index contributed by atoms with van der Waals surface area (Å²) in [5.74, 6) is 1.47. The predicted molar refractivity (Wildman–Crippen MR) is 133 cm³/mol. The Bertz CT molecular complexity index is 1390. The van der Waals surface area contributed by atoms with Crippen molar-refractivity contribution in [1.29, 1.82) is 0 Å². The monoisotopic (exact) mass is 472 g/mol. The van der Waals surface area contributed by atoms with E-state index in [4.69, 9.17) is 0 Å². The van der Waals surface area contributed by atoms with Gasteiger partial charge in [-0.25, -0.2) is 9.07 Å². The second-order valence-corrected chi connectivity index (χ2v) is 9.19. The van der Waals surface area contributed by atoms with Gasteiger partial charge in [-0.2, -0.15) is 5.10 Å². The lowest BCUT2D eigenvalue weighted by atomic mass is 10.1. The van der Waals surface area contributed by atoms with Gasteiger partial charge in [-0.1, -0.05) is 18.6 Å². The Morgan fingerprint density at radius 3 is 2.63 bits per heavy atom. The normalized spacial score (nSPS) is 13.4. The van der Waals surface area contributed by atoms with Gasteiger partial charge in [0.2, 0.25) is 5.91 Å². The first-order valence-corrected chi connectivity index (χ1v) is 12.0. The zero-order chi connectivity index (χ0) is 24.5. The Morgan fingerprint density at radius 2 is 1.83 bits per heavy atom. The number of carbonyl (C=O) groups excluding carboxylic acids is 1. The number of hydrogen-bond acceptors (Lipinski definition) is 4. The molecule has 4 aromatic rings. The summed E-state index contributed by atoms with van der Waals surface area (Å²) in [6, 6.07) is 12.2. The van der Waals surface area contributed by atoms with Gasteiger partial charge in [0.15, 0.2) is 5.82 Å². The minimum absolute atomic E-state index is 0.116. The van der Waals surface area contributed by atoms with Crippen LogP contribution >= 0.6 is 0 Å². The number of aryl methyl sites for hydroxylation is 3. The highest BCUT2D eigenvalue weighted by Crippen LogP contribution is 2.27. The van der Waals surface area contributed by atoms with Crippen LogP contribution in [0.2, 0.25) is 0 Å². The molecule has 0 spiro atoms. The molecule has 1 amide bonds. The van der Waals surface area contributed by atoms with Crippen LogP contribution in [0.15, 0.2) is 42.5 Å². The fraction of sp³-hybridized carbons (Fsp3) is 0.333. The molecule has 0 bridgehead atoms. The van der Waals surface area contributed by atoms with Gasteiger partial charge < -0.3 is 9.88 Å². The maximum atomic E-state index is 13.3. The zero-order valence-electron chi connectivity index (χ0n) is 20.3. The quantitative estimate of drug-likeness (QED) is 0.438. The lowest BCUT2D eigenvalue weighted by Crippen LogP contribution is -2.16. The topological polar surface area (TPSA) is 77.6 Å². The van der Waals surface area contributed by atoms with Gasteiger partial charge in [0.05, 0.1) is 17.8 Å². The van der Waals surface area contributed by atoms with Crippen LogP contribution in [0.25, 0.3) is 17.1 Å². The molecular formula is C27H29FN6O. The predicted octanol–water partition coefficient (Wildman–Crippen LogP) is 5.10. The highest BCUT2D eigenvalue weighted by Gasteiger charge is 2.19. The summed E-state index contributed by atoms with van der Waals surface area (Å²) >= 11 is 0. The van der Waals surface area contributed by atoms with Gasteiger partial charge >= 0.3 is 0 Å². The fourth-order valence-corrected chi connectivity index (χ4v) is 4.71. The number of rotatable bonds is 5. The first-order chi connectivity index (χ1) is 16.9. The van der Waals surface area contributed by atoms with Crippen molar-refractivity contribution < 1.29 is 9.18 Å². The maximum Gasteiger partial charge on any atom is 0.228 e. The molecule has 0 saturated heterocycles. The highest BCUT2D eigenvalue weighted by molar-refractivity contribution is 5.94. The molecule has 8 heteroatoms. The average molecular weight is 473 g/mol. The van der Waals surface area contributed by atoms with Gasteiger partial charge in [0.1, 0.15) is 11.6 Å². The molecule has 2 aromatic carbocycles. The maximum absolute atomic E-state index is 13.3. The summed E-state index contributed by atoms with van der Waals surface area (Å²) in [6.45, 7) is 6.71. The molecule has 0 fully saturated rings. The molecular weight excluding hydrogens is 443 g/mol. The van der Waals surface area contributed by atoms with Crippen molar-refractivity contribution in [3.8, 4) is 17.1 Å². The van der Waals surface area contributed by atoms with Crippen LogP contribution in [0.3, 0.4) is 0 Å². The number of hydrogen-bond donors (Lipinski definition) is 1. The van der Waals surface area contributed by atoms with E-state index in [0.717, 1.165) is 76.9 Å². The Morgan fingerprint density at radius 1 is 1.03 bits per heavy atom. The number of halogens is 1. The van der Waals surface area contributed by atoms with E-state index in [1.165, 1.54) is 18.6 Å². The first-order valence-electron chi connectivity index (χ1n) is 12.0. The smallest absolute Gasteiger partial charge is 0.228 e. The van der Waals surface area contributed by atoms with E-state index < -0.39 is 0 Å². The minimum atomic E-state index is -0.297. The molecule has 0 aliphatic carbocycles. The van der Waals surface area contributed by atoms with Crippen LogP contribution in [0.1, 0.15) is 47.6 Å². The summed E-state index contributed by atoms with van der Waals surface area (Å²) in [7, 11) is 0. The number of nitrogens with zero attached hydrogens (tertiary/aromatic N) is 5. The highest BCUT2D eigenvalue weighted by atomic mass is 19.1. The van der Waals surface area contributed by atoms with Crippen molar-refractivity contribution in [2.24, 2.45) is 0 Å². The molecule has 1 aliphatic heterocycles. The van der Waals surface area contributed by atoms with Crippen molar-refractivity contribution in [2.45, 2.75) is 59.4 Å². The fourth-order valence-electron chi connectivity index (χ4n) is 4.71. The van der Waals surface area contributed by atoms with E-state index >= 15 is 0 Å². The number of fused-ring (bicyclic) bond motifs is 1. The third-order valence-corrected chi connectivity index (χ3v) is 6.73. The number of aromatic nitrogens is 5. The van der Waals surface area contributed by atoms with Gasteiger partial charge in [0, 0.05) is 35.5 Å². The van der Waals surface area contributed by atoms with Gasteiger partial charge in [-0.05, 0) is 69.5 Å². The largest absolute Gasteiger partial charge is 0.326 e. The van der Waals surface area contributed by atoms with Crippen molar-refractivity contribution in [1.82, 2.24) is 24.5 Å². The van der Waals surface area contributed by atoms with Crippen molar-refractivity contribution in [3.63, 3.8) is 0 Å². The lowest BCUT2D eigenvalue weighted by molar-refractivity contribution is -0.115. The van der Waals surface area contributed by atoms with Crippen LogP contribution in [-0.4, -0.2) is 30.5 Å². The van der Waals surface area contributed by atoms with Crippen molar-refractivity contribution >= 4 is 11.6 Å². The Labute approximate surface area is 204 Å². The molecule has 3 heterocycles. The van der Waals surface area contributed by atoms with Crippen molar-refractivity contribution in [3.05, 3.63) is 76.6 Å². The Hall–Kier alpha value is -3.81. The van der Waals surface area contributed by atoms with E-state index in [-0.39, 0.29) is 18.1 Å². The molecule has 0 saturated carbocycles. The van der Waals surface area contributed by atoms with E-state index in [2.05, 4.69) is 25.2 Å². The number of nitrogens with one attached hydrogen (secondary N) is 1. The van der Waals surface area contributed by atoms with Crippen LogP contribution < -0.4 is 5.32 Å². The van der Waals surface area contributed by atoms with E-state index in [9.17, 15) is 9.18 Å². The van der Waals surface area contributed by atoms with Gasteiger partial charge in [0.25, 0.3) is 0 Å². The van der Waals surface area contributed by atoms with Gasteiger partial charge in [-0.3, -0.25) is 4.79 Å². The standard InChI is InChI=1S/C27H29FN6O/c1-17-8-9-20(27-31-30-25-7-5-4-6-14-33(25)27)15-24(17)29-26(35)16-23-18(2)32-34(19(23)3)22-12-10-21(28)11-13-22/h8-13,15H,4-7,14,16H2,1-3H3,(H,29,35). The third-order valence-electron chi connectivity index (χ3n) is 6.73. The average Bonchev–Trinajstić information content (AvgIpc) is 3.26. The van der Waals surface area contributed by atoms with E-state index in [0.29, 0.717) is 0 Å². The Balaban J connectivity index is 1.37. The van der Waals surface area contributed by atoms with Crippen LogP contribution in [0.4, 0.5) is 10.1 Å². The van der Waals surface area contributed by atoms with Gasteiger partial charge in [-0.15, -0.1) is 10.2 Å². The third kappa shape index (κ3) is 4.60. The Kier molecular flexibility index (Phi) is 6.19. The molecule has 7 nitrogen and oxygen atoms in total. The van der Waals surface area contributed by atoms with Crippen LogP contribution in [0.5, 0.6) is 0 Å². The molecule has 1 N–H and O–H groups in total. The lowest BCUT2D eigenvalue weighted by Gasteiger charge is -2.12. The summed E-state index contributed by atoms with van der Waals surface area (Å²) < 4.78 is 17.3. The summed E-state index contributed by atoms with van der Waals surface area (Å²) in [5.41, 5.74) is 5.95. The molecule has 0 unspecified atom stereocenters. The number of benzene rings is 2. The number of amides is 1. The SMILES string of the molecule is Cc1ccc(-c2nnc3n2CCCCC3)cc1NC(=O)Cc1c(C)nn(-c2ccc(F)cc2)c1C. The van der Waals surface area contributed by atoms with E-state index in [1.54, 1.807) is 16.8 Å². The van der Waals surface area contributed by atoms with E-state index in [1.807, 2.05) is 39.0 Å². The zero-order valence-corrected chi connectivity index (χ0v) is 20.3.